The highest BCUT2D eigenvalue weighted by Gasteiger charge is 2.22. The minimum atomic E-state index is -0.250. The van der Waals surface area contributed by atoms with E-state index in [-0.39, 0.29) is 24.1 Å². The van der Waals surface area contributed by atoms with Crippen molar-refractivity contribution in [3.63, 3.8) is 0 Å². The first-order chi connectivity index (χ1) is 17.1. The lowest BCUT2D eigenvalue weighted by atomic mass is 10.1. The van der Waals surface area contributed by atoms with Gasteiger partial charge in [0.1, 0.15) is 11.5 Å². The topological polar surface area (TPSA) is 108 Å². The van der Waals surface area contributed by atoms with Crippen LogP contribution in [0.15, 0.2) is 72.1 Å². The highest BCUT2D eigenvalue weighted by atomic mass is 32.2. The second-order valence-corrected chi connectivity index (χ2v) is 8.49. The number of anilines is 1. The molecular formula is C25H21N5O4S. The lowest BCUT2D eigenvalue weighted by Gasteiger charge is -2.18. The Morgan fingerprint density at radius 1 is 1.17 bits per heavy atom. The number of rotatable bonds is 8. The number of hydrogen-bond acceptors (Lipinski definition) is 8. The maximum absolute atomic E-state index is 13.0. The third-order valence-corrected chi connectivity index (χ3v) is 6.15. The van der Waals surface area contributed by atoms with Crippen molar-refractivity contribution in [2.45, 2.75) is 12.1 Å². The number of ether oxygens (including phenoxy) is 2. The highest BCUT2D eigenvalue weighted by Crippen LogP contribution is 2.33. The summed E-state index contributed by atoms with van der Waals surface area (Å²) >= 11 is 1.27. The van der Waals surface area contributed by atoms with Crippen LogP contribution in [0.25, 0.3) is 17.1 Å². The van der Waals surface area contributed by atoms with Gasteiger partial charge in [-0.25, -0.2) is 0 Å². The number of carbonyl (C=O) groups is 2. The number of pyridine rings is 1. The van der Waals surface area contributed by atoms with Crippen molar-refractivity contribution >= 4 is 29.1 Å². The second-order valence-electron chi connectivity index (χ2n) is 7.54. The van der Waals surface area contributed by atoms with Crippen LogP contribution in [0.3, 0.4) is 0 Å². The summed E-state index contributed by atoms with van der Waals surface area (Å²) < 4.78 is 13.1. The molecule has 3 heterocycles. The molecule has 0 saturated carbocycles. The van der Waals surface area contributed by atoms with E-state index in [2.05, 4.69) is 20.5 Å². The Kier molecular flexibility index (Phi) is 6.44. The molecule has 1 aliphatic heterocycles. The van der Waals surface area contributed by atoms with Gasteiger partial charge in [0.15, 0.2) is 23.4 Å². The Morgan fingerprint density at radius 2 is 2.06 bits per heavy atom. The maximum Gasteiger partial charge on any atom is 0.262 e. The van der Waals surface area contributed by atoms with Gasteiger partial charge in [0, 0.05) is 23.5 Å². The summed E-state index contributed by atoms with van der Waals surface area (Å²) in [5.41, 5.74) is 2.51. The Hall–Kier alpha value is -4.18. The van der Waals surface area contributed by atoms with Crippen LogP contribution < -0.4 is 14.8 Å². The Balaban J connectivity index is 1.46. The predicted octanol–water partition coefficient (Wildman–Crippen LogP) is 4.03. The van der Waals surface area contributed by atoms with Crippen LogP contribution in [0.4, 0.5) is 5.69 Å². The number of fused-ring (bicyclic) bond motifs is 1. The molecule has 0 fully saturated rings. The first-order valence-electron chi connectivity index (χ1n) is 10.9. The average molecular weight is 488 g/mol. The zero-order valence-corrected chi connectivity index (χ0v) is 19.6. The van der Waals surface area contributed by atoms with Crippen LogP contribution >= 0.6 is 11.8 Å². The summed E-state index contributed by atoms with van der Waals surface area (Å²) in [6, 6.07) is 16.4. The molecule has 1 N–H and O–H groups in total. The Labute approximate surface area is 205 Å². The van der Waals surface area contributed by atoms with Gasteiger partial charge in [-0.15, -0.1) is 10.2 Å². The van der Waals surface area contributed by atoms with Crippen LogP contribution in [0.2, 0.25) is 0 Å². The van der Waals surface area contributed by atoms with Crippen LogP contribution in [0, 0.1) is 0 Å². The number of nitrogens with one attached hydrogen (secondary N) is 1. The van der Waals surface area contributed by atoms with E-state index in [1.807, 2.05) is 47.9 Å². The van der Waals surface area contributed by atoms with Crippen molar-refractivity contribution in [1.82, 2.24) is 19.7 Å². The molecule has 35 heavy (non-hydrogen) atoms. The van der Waals surface area contributed by atoms with Crippen molar-refractivity contribution in [3.05, 3.63) is 72.6 Å². The van der Waals surface area contributed by atoms with Crippen LogP contribution in [0.5, 0.6) is 11.5 Å². The molecule has 0 bridgehead atoms. The first-order valence-corrected chi connectivity index (χ1v) is 11.9. The summed E-state index contributed by atoms with van der Waals surface area (Å²) in [5, 5.41) is 12.1. The van der Waals surface area contributed by atoms with Crippen molar-refractivity contribution in [3.8, 4) is 28.6 Å². The van der Waals surface area contributed by atoms with E-state index in [1.165, 1.54) is 11.8 Å². The van der Waals surface area contributed by atoms with E-state index in [1.54, 1.807) is 30.6 Å². The molecule has 176 valence electrons. The van der Waals surface area contributed by atoms with Gasteiger partial charge in [-0.1, -0.05) is 23.9 Å². The number of amides is 1. The SMILES string of the molecule is CCOc1ccccc1-n1c(SCC(=O)c2ccc3c(c2)NC(=O)CO3)nnc1-c1cccnc1. The largest absolute Gasteiger partial charge is 0.492 e. The molecule has 10 heteroatoms. The summed E-state index contributed by atoms with van der Waals surface area (Å²) in [6.45, 7) is 2.39. The molecule has 5 rings (SSSR count). The molecule has 1 amide bonds. The van der Waals surface area contributed by atoms with Gasteiger partial charge < -0.3 is 14.8 Å². The fourth-order valence-corrected chi connectivity index (χ4v) is 4.49. The van der Waals surface area contributed by atoms with Gasteiger partial charge in [0.05, 0.1) is 23.7 Å². The van der Waals surface area contributed by atoms with E-state index in [4.69, 9.17) is 9.47 Å². The lowest BCUT2D eigenvalue weighted by molar-refractivity contribution is -0.118. The van der Waals surface area contributed by atoms with E-state index < -0.39 is 0 Å². The summed E-state index contributed by atoms with van der Waals surface area (Å²) in [4.78, 5) is 28.8. The predicted molar refractivity (Wildman–Crippen MR) is 131 cm³/mol. The molecule has 4 aromatic rings. The van der Waals surface area contributed by atoms with E-state index >= 15 is 0 Å². The number of Topliss-reactive ketones (excluding diaryl/α,β-unsaturated/α-hetero) is 1. The van der Waals surface area contributed by atoms with Gasteiger partial charge in [-0.05, 0) is 49.4 Å². The third-order valence-electron chi connectivity index (χ3n) is 5.23. The fraction of sp³-hybridized carbons (Fsp3) is 0.160. The van der Waals surface area contributed by atoms with Gasteiger partial charge in [-0.3, -0.25) is 19.1 Å². The van der Waals surface area contributed by atoms with E-state index in [0.29, 0.717) is 40.3 Å². The number of benzene rings is 2. The van der Waals surface area contributed by atoms with Crippen molar-refractivity contribution < 1.29 is 19.1 Å². The Morgan fingerprint density at radius 3 is 2.89 bits per heavy atom. The third kappa shape index (κ3) is 4.73. The van der Waals surface area contributed by atoms with Gasteiger partial charge in [0.2, 0.25) is 0 Å². The van der Waals surface area contributed by atoms with Crippen molar-refractivity contribution in [1.29, 1.82) is 0 Å². The van der Waals surface area contributed by atoms with Gasteiger partial charge in [-0.2, -0.15) is 0 Å². The normalized spacial score (nSPS) is 12.4. The van der Waals surface area contributed by atoms with Gasteiger partial charge in [0.25, 0.3) is 5.91 Å². The molecular weight excluding hydrogens is 466 g/mol. The van der Waals surface area contributed by atoms with E-state index in [0.717, 1.165) is 11.3 Å². The summed E-state index contributed by atoms with van der Waals surface area (Å²) in [7, 11) is 0. The number of thioether (sulfide) groups is 1. The zero-order chi connectivity index (χ0) is 24.2. The first kappa shape index (κ1) is 22.6. The van der Waals surface area contributed by atoms with Crippen molar-refractivity contribution in [2.75, 3.05) is 24.3 Å². The van der Waals surface area contributed by atoms with Gasteiger partial charge >= 0.3 is 0 Å². The number of ketones is 1. The molecule has 0 unspecified atom stereocenters. The summed E-state index contributed by atoms with van der Waals surface area (Å²) in [6.07, 6.45) is 3.41. The number of para-hydroxylation sites is 2. The average Bonchev–Trinajstić information content (AvgIpc) is 3.31. The summed E-state index contributed by atoms with van der Waals surface area (Å²) in [5.74, 6) is 1.57. The lowest BCUT2D eigenvalue weighted by Crippen LogP contribution is -2.25. The minimum absolute atomic E-state index is 0.0334. The minimum Gasteiger partial charge on any atom is -0.492 e. The highest BCUT2D eigenvalue weighted by molar-refractivity contribution is 7.99. The molecule has 9 nitrogen and oxygen atoms in total. The molecule has 0 radical (unpaired) electrons. The van der Waals surface area contributed by atoms with Crippen LogP contribution in [0.1, 0.15) is 17.3 Å². The molecule has 0 saturated heterocycles. The van der Waals surface area contributed by atoms with Crippen molar-refractivity contribution in [2.24, 2.45) is 0 Å². The molecule has 0 spiro atoms. The maximum atomic E-state index is 13.0. The molecule has 2 aromatic carbocycles. The number of aromatic nitrogens is 4. The molecule has 2 aromatic heterocycles. The Bertz CT molecular complexity index is 1390. The van der Waals surface area contributed by atoms with Crippen LogP contribution in [-0.2, 0) is 4.79 Å². The smallest absolute Gasteiger partial charge is 0.262 e. The quantitative estimate of drug-likeness (QED) is 0.293. The second kappa shape index (κ2) is 9.98. The number of carbonyl (C=O) groups excluding carboxylic acids is 2. The van der Waals surface area contributed by atoms with Crippen LogP contribution in [-0.4, -0.2) is 50.4 Å². The molecule has 0 atom stereocenters. The number of hydrogen-bond donors (Lipinski definition) is 1. The molecule has 1 aliphatic rings. The standard InChI is InChI=1S/C25H21N5O4S/c1-2-33-22-8-4-3-7-19(22)30-24(17-6-5-11-26-13-17)28-29-25(30)35-15-20(31)16-9-10-21-18(12-16)27-23(32)14-34-21/h3-13H,2,14-15H2,1H3,(H,27,32). The van der Waals surface area contributed by atoms with E-state index in [9.17, 15) is 9.59 Å². The fourth-order valence-electron chi connectivity index (χ4n) is 3.65. The number of nitrogens with zero attached hydrogens (tertiary/aromatic N) is 4. The zero-order valence-electron chi connectivity index (χ0n) is 18.8. The molecule has 0 aliphatic carbocycles. The monoisotopic (exact) mass is 487 g/mol.